The number of hydrogen-bond acceptors (Lipinski definition) is 4. The van der Waals surface area contributed by atoms with Gasteiger partial charge in [0.1, 0.15) is 11.6 Å². The number of amides is 1. The van der Waals surface area contributed by atoms with Gasteiger partial charge < -0.3 is 15.2 Å². The van der Waals surface area contributed by atoms with Gasteiger partial charge in [-0.25, -0.2) is 9.18 Å². The summed E-state index contributed by atoms with van der Waals surface area (Å²) in [6.45, 7) is 4.89. The zero-order valence-electron chi connectivity index (χ0n) is 13.9. The molecular formula is C18H18FN3O3. The van der Waals surface area contributed by atoms with Crippen molar-refractivity contribution >= 4 is 17.0 Å². The van der Waals surface area contributed by atoms with Crippen LogP contribution in [0.2, 0.25) is 0 Å². The molecule has 0 atom stereocenters. The predicted octanol–water partition coefficient (Wildman–Crippen LogP) is 4.08. The third-order valence-corrected chi connectivity index (χ3v) is 3.50. The number of primary amides is 1. The molecule has 0 unspecified atom stereocenters. The minimum Gasteiger partial charge on any atom is -0.453 e. The molecule has 0 aliphatic carbocycles. The van der Waals surface area contributed by atoms with Crippen molar-refractivity contribution in [2.75, 3.05) is 0 Å². The van der Waals surface area contributed by atoms with Crippen LogP contribution in [0.25, 0.3) is 10.9 Å². The summed E-state index contributed by atoms with van der Waals surface area (Å²) in [4.78, 5) is 11.2. The third-order valence-electron chi connectivity index (χ3n) is 3.50. The Morgan fingerprint density at radius 2 is 1.96 bits per heavy atom. The zero-order valence-corrected chi connectivity index (χ0v) is 13.9. The molecule has 7 heteroatoms. The highest BCUT2D eigenvalue weighted by molar-refractivity contribution is 5.84. The van der Waals surface area contributed by atoms with Crippen molar-refractivity contribution in [1.29, 1.82) is 0 Å². The van der Waals surface area contributed by atoms with E-state index in [-0.39, 0.29) is 11.6 Å². The number of fused-ring (bicyclic) bond motifs is 1. The average Bonchev–Trinajstić information content (AvgIpc) is 2.90. The Kier molecular flexibility index (Phi) is 4.56. The van der Waals surface area contributed by atoms with Crippen LogP contribution in [0.3, 0.4) is 0 Å². The predicted molar refractivity (Wildman–Crippen MR) is 91.3 cm³/mol. The van der Waals surface area contributed by atoms with Crippen LogP contribution in [0, 0.1) is 11.7 Å². The first-order valence-corrected chi connectivity index (χ1v) is 7.82. The Hall–Kier alpha value is -3.09. The second-order valence-corrected chi connectivity index (χ2v) is 6.06. The summed E-state index contributed by atoms with van der Waals surface area (Å²) >= 11 is 0. The van der Waals surface area contributed by atoms with Gasteiger partial charge in [-0.15, -0.1) is 0 Å². The lowest BCUT2D eigenvalue weighted by Crippen LogP contribution is -2.16. The second-order valence-electron chi connectivity index (χ2n) is 6.06. The lowest BCUT2D eigenvalue weighted by atomic mass is 10.2. The van der Waals surface area contributed by atoms with Crippen molar-refractivity contribution in [1.82, 2.24) is 9.78 Å². The normalized spacial score (nSPS) is 11.0. The summed E-state index contributed by atoms with van der Waals surface area (Å²) in [5.41, 5.74) is 5.96. The molecule has 2 aromatic carbocycles. The lowest BCUT2D eigenvalue weighted by molar-refractivity contribution is 0.209. The van der Waals surface area contributed by atoms with Gasteiger partial charge in [0.05, 0.1) is 11.7 Å². The molecule has 25 heavy (non-hydrogen) atoms. The van der Waals surface area contributed by atoms with E-state index in [9.17, 15) is 9.18 Å². The Bertz CT molecular complexity index is 904. The van der Waals surface area contributed by atoms with E-state index >= 15 is 0 Å². The van der Waals surface area contributed by atoms with Crippen molar-refractivity contribution in [3.8, 4) is 17.2 Å². The van der Waals surface area contributed by atoms with Gasteiger partial charge in [0.2, 0.25) is 0 Å². The molecule has 0 fully saturated rings. The highest BCUT2D eigenvalue weighted by Gasteiger charge is 2.15. The van der Waals surface area contributed by atoms with Gasteiger partial charge in [-0.1, -0.05) is 13.8 Å². The summed E-state index contributed by atoms with van der Waals surface area (Å²) in [7, 11) is 0. The third kappa shape index (κ3) is 3.88. The monoisotopic (exact) mass is 343 g/mol. The summed E-state index contributed by atoms with van der Waals surface area (Å²) in [5.74, 6) is 0.909. The van der Waals surface area contributed by atoms with Crippen molar-refractivity contribution in [2.45, 2.75) is 20.4 Å². The first-order chi connectivity index (χ1) is 11.9. The Morgan fingerprint density at radius 1 is 1.24 bits per heavy atom. The molecule has 0 saturated heterocycles. The van der Waals surface area contributed by atoms with Gasteiger partial charge >= 0.3 is 6.09 Å². The van der Waals surface area contributed by atoms with Crippen molar-refractivity contribution in [3.05, 3.63) is 48.4 Å². The van der Waals surface area contributed by atoms with E-state index in [2.05, 4.69) is 18.9 Å². The van der Waals surface area contributed by atoms with E-state index in [4.69, 9.17) is 15.2 Å². The van der Waals surface area contributed by atoms with Gasteiger partial charge in [-0.3, -0.25) is 4.68 Å². The Balaban J connectivity index is 2.03. The molecule has 2 N–H and O–H groups in total. The molecular weight excluding hydrogens is 325 g/mol. The van der Waals surface area contributed by atoms with Crippen LogP contribution in [0.4, 0.5) is 9.18 Å². The fraction of sp³-hybridized carbons (Fsp3) is 0.222. The number of carbonyl (C=O) groups excluding carboxylic acids is 1. The van der Waals surface area contributed by atoms with Crippen LogP contribution in [0.15, 0.2) is 42.6 Å². The Labute approximate surface area is 143 Å². The number of halogens is 1. The van der Waals surface area contributed by atoms with E-state index in [1.54, 1.807) is 18.3 Å². The van der Waals surface area contributed by atoms with E-state index < -0.39 is 6.09 Å². The highest BCUT2D eigenvalue weighted by Crippen LogP contribution is 2.36. The highest BCUT2D eigenvalue weighted by atomic mass is 19.1. The largest absolute Gasteiger partial charge is 0.453 e. The summed E-state index contributed by atoms with van der Waals surface area (Å²) in [6, 6.07) is 8.90. The lowest BCUT2D eigenvalue weighted by Gasteiger charge is -2.12. The van der Waals surface area contributed by atoms with Crippen molar-refractivity contribution in [3.63, 3.8) is 0 Å². The first kappa shape index (κ1) is 16.8. The second kappa shape index (κ2) is 6.80. The fourth-order valence-electron chi connectivity index (χ4n) is 2.47. The van der Waals surface area contributed by atoms with Crippen LogP contribution in [-0.4, -0.2) is 15.9 Å². The van der Waals surface area contributed by atoms with Crippen LogP contribution >= 0.6 is 0 Å². The molecule has 0 radical (unpaired) electrons. The molecule has 1 amide bonds. The number of rotatable bonds is 5. The van der Waals surface area contributed by atoms with Crippen molar-refractivity contribution < 1.29 is 18.7 Å². The molecule has 1 heterocycles. The molecule has 3 rings (SSSR count). The average molecular weight is 343 g/mol. The van der Waals surface area contributed by atoms with E-state index in [0.29, 0.717) is 17.4 Å². The van der Waals surface area contributed by atoms with Crippen LogP contribution < -0.4 is 15.2 Å². The van der Waals surface area contributed by atoms with E-state index in [1.165, 1.54) is 24.3 Å². The quantitative estimate of drug-likeness (QED) is 0.757. The summed E-state index contributed by atoms with van der Waals surface area (Å²) in [5, 5.41) is 5.18. The van der Waals surface area contributed by atoms with Gasteiger partial charge in [-0.2, -0.15) is 5.10 Å². The number of ether oxygens (including phenoxy) is 2. The molecule has 1 aromatic heterocycles. The molecule has 0 saturated carbocycles. The smallest absolute Gasteiger partial charge is 0.410 e. The van der Waals surface area contributed by atoms with Gasteiger partial charge in [0.25, 0.3) is 0 Å². The maximum Gasteiger partial charge on any atom is 0.410 e. The first-order valence-electron chi connectivity index (χ1n) is 7.82. The fourth-order valence-corrected chi connectivity index (χ4v) is 2.47. The van der Waals surface area contributed by atoms with Crippen LogP contribution in [-0.2, 0) is 6.54 Å². The molecule has 0 aliphatic heterocycles. The minimum atomic E-state index is -0.946. The van der Waals surface area contributed by atoms with Gasteiger partial charge in [0, 0.05) is 18.0 Å². The van der Waals surface area contributed by atoms with Gasteiger partial charge in [0.15, 0.2) is 11.5 Å². The number of aromatic nitrogens is 2. The maximum absolute atomic E-state index is 13.0. The summed E-state index contributed by atoms with van der Waals surface area (Å²) in [6.07, 6.45) is 0.766. The molecule has 3 aromatic rings. The van der Waals surface area contributed by atoms with E-state index in [0.717, 1.165) is 17.4 Å². The number of hydrogen-bond donors (Lipinski definition) is 1. The molecule has 0 bridgehead atoms. The zero-order chi connectivity index (χ0) is 18.0. The number of carbonyl (C=O) groups is 1. The van der Waals surface area contributed by atoms with Crippen LogP contribution in [0.5, 0.6) is 17.2 Å². The van der Waals surface area contributed by atoms with Crippen LogP contribution in [0.1, 0.15) is 13.8 Å². The molecule has 130 valence electrons. The van der Waals surface area contributed by atoms with Crippen molar-refractivity contribution in [2.24, 2.45) is 11.7 Å². The molecule has 6 nitrogen and oxygen atoms in total. The maximum atomic E-state index is 13.0. The topological polar surface area (TPSA) is 79.4 Å². The van der Waals surface area contributed by atoms with Gasteiger partial charge in [-0.05, 0) is 36.2 Å². The summed E-state index contributed by atoms with van der Waals surface area (Å²) < 4.78 is 25.7. The molecule has 0 spiro atoms. The Morgan fingerprint density at radius 3 is 2.60 bits per heavy atom. The molecule has 0 aliphatic rings. The SMILES string of the molecule is CC(C)Cn1ncc2cc(Oc3ccc(F)cc3)c(OC(N)=O)cc21. The minimum absolute atomic E-state index is 0.176. The number of benzene rings is 2. The number of nitrogens with two attached hydrogens (primary N) is 1. The standard InChI is InChI=1S/C18H18FN3O3/c1-11(2)10-22-15-8-17(25-18(20)23)16(7-12(15)9-21-22)24-14-5-3-13(19)4-6-14/h3-9,11H,10H2,1-2H3,(H2,20,23). The van der Waals surface area contributed by atoms with E-state index in [1.807, 2.05) is 4.68 Å². The number of nitrogens with zero attached hydrogens (tertiary/aromatic N) is 2.